The van der Waals surface area contributed by atoms with E-state index in [-0.39, 0.29) is 11.7 Å². The Balaban J connectivity index is 2.49. The van der Waals surface area contributed by atoms with Crippen molar-refractivity contribution >= 4 is 5.84 Å². The molecular weight excluding hydrogens is 256 g/mol. The Morgan fingerprint density at radius 1 is 1.15 bits per heavy atom. The maximum absolute atomic E-state index is 7.68. The third kappa shape index (κ3) is 2.54. The molecule has 0 aliphatic heterocycles. The molecular formula is C14H16N4O2. The molecule has 2 aromatic rings. The van der Waals surface area contributed by atoms with E-state index < -0.39 is 0 Å². The van der Waals surface area contributed by atoms with Gasteiger partial charge in [-0.3, -0.25) is 5.41 Å². The van der Waals surface area contributed by atoms with E-state index in [4.69, 9.17) is 20.6 Å². The molecule has 0 radical (unpaired) electrons. The van der Waals surface area contributed by atoms with Crippen molar-refractivity contribution in [3.05, 3.63) is 41.1 Å². The van der Waals surface area contributed by atoms with Crippen LogP contribution in [0.3, 0.4) is 0 Å². The molecule has 1 aromatic heterocycles. The number of amidine groups is 1. The molecule has 0 saturated heterocycles. The van der Waals surface area contributed by atoms with Gasteiger partial charge in [0.2, 0.25) is 5.88 Å². The van der Waals surface area contributed by atoms with E-state index >= 15 is 0 Å². The molecule has 2 rings (SSSR count). The average molecular weight is 272 g/mol. The van der Waals surface area contributed by atoms with Crippen molar-refractivity contribution in [3.63, 3.8) is 0 Å². The number of hydrogen-bond donors (Lipinski definition) is 2. The highest BCUT2D eigenvalue weighted by atomic mass is 16.5. The number of nitrogens with one attached hydrogen (secondary N) is 1. The van der Waals surface area contributed by atoms with Gasteiger partial charge in [-0.15, -0.1) is 5.10 Å². The number of rotatable bonds is 4. The standard InChI is InChI=1S/C14H16N4O2/c1-8-9(2)17-18-14(12(8)13(15)16)20-11-7-5-4-6-10(11)19-3/h4-7H,1-3H3,(H3,15,16). The fourth-order valence-corrected chi connectivity index (χ4v) is 1.78. The summed E-state index contributed by atoms with van der Waals surface area (Å²) in [5.41, 5.74) is 7.55. The van der Waals surface area contributed by atoms with Gasteiger partial charge in [0.05, 0.1) is 18.4 Å². The number of benzene rings is 1. The van der Waals surface area contributed by atoms with Crippen LogP contribution in [0.1, 0.15) is 16.8 Å². The Labute approximate surface area is 117 Å². The highest BCUT2D eigenvalue weighted by molar-refractivity contribution is 5.98. The number of aryl methyl sites for hydroxylation is 1. The minimum Gasteiger partial charge on any atom is -0.493 e. The van der Waals surface area contributed by atoms with Crippen molar-refractivity contribution in [1.29, 1.82) is 5.41 Å². The van der Waals surface area contributed by atoms with E-state index in [1.54, 1.807) is 19.2 Å². The number of ether oxygens (including phenoxy) is 2. The molecule has 0 fully saturated rings. The highest BCUT2D eigenvalue weighted by Crippen LogP contribution is 2.32. The highest BCUT2D eigenvalue weighted by Gasteiger charge is 2.17. The van der Waals surface area contributed by atoms with Crippen LogP contribution in [-0.2, 0) is 0 Å². The van der Waals surface area contributed by atoms with Crippen molar-refractivity contribution in [2.75, 3.05) is 7.11 Å². The molecule has 6 nitrogen and oxygen atoms in total. The minimum absolute atomic E-state index is 0.106. The van der Waals surface area contributed by atoms with Gasteiger partial charge in [0.15, 0.2) is 11.5 Å². The molecule has 0 aliphatic rings. The number of nitrogens with two attached hydrogens (primary N) is 1. The zero-order valence-corrected chi connectivity index (χ0v) is 11.6. The molecule has 0 saturated carbocycles. The second-order valence-electron chi connectivity index (χ2n) is 4.26. The molecule has 1 aromatic carbocycles. The first-order valence-corrected chi connectivity index (χ1v) is 6.03. The Morgan fingerprint density at radius 2 is 1.80 bits per heavy atom. The first-order chi connectivity index (χ1) is 9.54. The average Bonchev–Trinajstić information content (AvgIpc) is 2.43. The molecule has 1 heterocycles. The lowest BCUT2D eigenvalue weighted by Crippen LogP contribution is -2.16. The molecule has 0 atom stereocenters. The van der Waals surface area contributed by atoms with E-state index in [1.807, 2.05) is 26.0 Å². The van der Waals surface area contributed by atoms with Crippen LogP contribution in [0.15, 0.2) is 24.3 Å². The molecule has 0 aliphatic carbocycles. The predicted octanol–water partition coefficient (Wildman–Crippen LogP) is 2.18. The second-order valence-corrected chi connectivity index (χ2v) is 4.26. The van der Waals surface area contributed by atoms with Crippen molar-refractivity contribution in [1.82, 2.24) is 10.2 Å². The van der Waals surface area contributed by atoms with Gasteiger partial charge in [-0.1, -0.05) is 12.1 Å². The third-order valence-corrected chi connectivity index (χ3v) is 2.97. The van der Waals surface area contributed by atoms with Crippen LogP contribution in [0.2, 0.25) is 0 Å². The molecule has 0 spiro atoms. The van der Waals surface area contributed by atoms with E-state index in [0.29, 0.717) is 22.8 Å². The zero-order valence-electron chi connectivity index (χ0n) is 11.6. The first-order valence-electron chi connectivity index (χ1n) is 6.03. The maximum atomic E-state index is 7.68. The largest absolute Gasteiger partial charge is 0.493 e. The van der Waals surface area contributed by atoms with Gasteiger partial charge in [-0.05, 0) is 31.5 Å². The fraction of sp³-hybridized carbons (Fsp3) is 0.214. The van der Waals surface area contributed by atoms with Crippen molar-refractivity contribution in [3.8, 4) is 17.4 Å². The smallest absolute Gasteiger partial charge is 0.250 e. The van der Waals surface area contributed by atoms with Gasteiger partial charge in [0.25, 0.3) is 0 Å². The lowest BCUT2D eigenvalue weighted by atomic mass is 10.1. The lowest BCUT2D eigenvalue weighted by molar-refractivity contribution is 0.371. The molecule has 104 valence electrons. The third-order valence-electron chi connectivity index (χ3n) is 2.97. The first kappa shape index (κ1) is 13.8. The Hall–Kier alpha value is -2.63. The number of hydrogen-bond acceptors (Lipinski definition) is 5. The molecule has 0 unspecified atom stereocenters. The monoisotopic (exact) mass is 272 g/mol. The van der Waals surface area contributed by atoms with Crippen LogP contribution >= 0.6 is 0 Å². The quantitative estimate of drug-likeness (QED) is 0.657. The number of aromatic nitrogens is 2. The van der Waals surface area contributed by atoms with Crippen LogP contribution in [0.5, 0.6) is 17.4 Å². The van der Waals surface area contributed by atoms with Crippen LogP contribution in [0.25, 0.3) is 0 Å². The van der Waals surface area contributed by atoms with E-state index in [9.17, 15) is 0 Å². The molecule has 0 amide bonds. The summed E-state index contributed by atoms with van der Waals surface area (Å²) < 4.78 is 10.9. The van der Waals surface area contributed by atoms with Crippen LogP contribution in [0, 0.1) is 19.3 Å². The van der Waals surface area contributed by atoms with Crippen LogP contribution in [-0.4, -0.2) is 23.1 Å². The van der Waals surface area contributed by atoms with E-state index in [2.05, 4.69) is 10.2 Å². The SMILES string of the molecule is COc1ccccc1Oc1nnc(C)c(C)c1C(=N)N. The maximum Gasteiger partial charge on any atom is 0.250 e. The van der Waals surface area contributed by atoms with Crippen LogP contribution in [0.4, 0.5) is 0 Å². The Morgan fingerprint density at radius 3 is 2.40 bits per heavy atom. The summed E-state index contributed by atoms with van der Waals surface area (Å²) in [5.74, 6) is 1.16. The number of para-hydroxylation sites is 2. The van der Waals surface area contributed by atoms with Gasteiger partial charge in [0.1, 0.15) is 5.84 Å². The number of nitrogens with zero attached hydrogens (tertiary/aromatic N) is 2. The Bertz CT molecular complexity index is 656. The number of methoxy groups -OCH3 is 1. The molecule has 3 N–H and O–H groups in total. The van der Waals surface area contributed by atoms with Crippen LogP contribution < -0.4 is 15.2 Å². The summed E-state index contributed by atoms with van der Waals surface area (Å²) in [6.07, 6.45) is 0. The summed E-state index contributed by atoms with van der Waals surface area (Å²) in [4.78, 5) is 0. The topological polar surface area (TPSA) is 94.1 Å². The second kappa shape index (κ2) is 5.56. The summed E-state index contributed by atoms with van der Waals surface area (Å²) in [6.45, 7) is 3.64. The van der Waals surface area contributed by atoms with Gasteiger partial charge in [0, 0.05) is 0 Å². The Kier molecular flexibility index (Phi) is 3.84. The van der Waals surface area contributed by atoms with E-state index in [0.717, 1.165) is 5.56 Å². The van der Waals surface area contributed by atoms with Crippen molar-refractivity contribution < 1.29 is 9.47 Å². The summed E-state index contributed by atoms with van der Waals surface area (Å²) in [7, 11) is 1.56. The molecule has 0 bridgehead atoms. The van der Waals surface area contributed by atoms with Crippen molar-refractivity contribution in [2.45, 2.75) is 13.8 Å². The van der Waals surface area contributed by atoms with Gasteiger partial charge < -0.3 is 15.2 Å². The summed E-state index contributed by atoms with van der Waals surface area (Å²) in [5, 5.41) is 15.7. The zero-order chi connectivity index (χ0) is 14.7. The van der Waals surface area contributed by atoms with Gasteiger partial charge in [-0.25, -0.2) is 0 Å². The number of nitrogen functional groups attached to an aromatic ring is 1. The van der Waals surface area contributed by atoms with Gasteiger partial charge in [-0.2, -0.15) is 5.10 Å². The predicted molar refractivity (Wildman–Crippen MR) is 75.6 cm³/mol. The summed E-state index contributed by atoms with van der Waals surface area (Å²) >= 11 is 0. The molecule has 20 heavy (non-hydrogen) atoms. The lowest BCUT2D eigenvalue weighted by Gasteiger charge is -2.13. The fourth-order valence-electron chi connectivity index (χ4n) is 1.78. The van der Waals surface area contributed by atoms with Gasteiger partial charge >= 0.3 is 0 Å². The normalized spacial score (nSPS) is 10.2. The minimum atomic E-state index is -0.106. The summed E-state index contributed by atoms with van der Waals surface area (Å²) in [6, 6.07) is 7.18. The molecule has 6 heteroatoms. The van der Waals surface area contributed by atoms with Crippen molar-refractivity contribution in [2.24, 2.45) is 5.73 Å². The van der Waals surface area contributed by atoms with E-state index in [1.165, 1.54) is 0 Å².